The number of aliphatic hydroxyl groups is 1. The zero-order valence-corrected chi connectivity index (χ0v) is 11.1. The predicted octanol–water partition coefficient (Wildman–Crippen LogP) is 1.72. The maximum atomic E-state index is 12.9. The van der Waals surface area contributed by atoms with E-state index in [9.17, 15) is 9.18 Å². The highest BCUT2D eigenvalue weighted by atomic mass is 19.1. The van der Waals surface area contributed by atoms with Crippen LogP contribution in [0.5, 0.6) is 0 Å². The molecule has 106 valence electrons. The molecule has 20 heavy (non-hydrogen) atoms. The minimum atomic E-state index is -0.337. The lowest BCUT2D eigenvalue weighted by atomic mass is 10.1. The molecule has 0 saturated carbocycles. The molecule has 3 N–H and O–H groups in total. The van der Waals surface area contributed by atoms with Crippen LogP contribution < -0.4 is 5.32 Å². The Labute approximate surface area is 115 Å². The van der Waals surface area contributed by atoms with Crippen molar-refractivity contribution in [3.8, 4) is 11.3 Å². The molecule has 0 bridgehead atoms. The van der Waals surface area contributed by atoms with E-state index in [4.69, 9.17) is 5.11 Å². The van der Waals surface area contributed by atoms with Crippen molar-refractivity contribution in [1.82, 2.24) is 15.5 Å². The molecule has 1 unspecified atom stereocenters. The second-order valence-corrected chi connectivity index (χ2v) is 4.55. The van der Waals surface area contributed by atoms with Gasteiger partial charge in [0.2, 0.25) is 0 Å². The lowest BCUT2D eigenvalue weighted by Gasteiger charge is -2.12. The van der Waals surface area contributed by atoms with Gasteiger partial charge in [-0.3, -0.25) is 9.89 Å². The van der Waals surface area contributed by atoms with Crippen LogP contribution in [0.4, 0.5) is 4.39 Å². The molecule has 1 atom stereocenters. The van der Waals surface area contributed by atoms with Crippen molar-refractivity contribution in [2.24, 2.45) is 0 Å². The van der Waals surface area contributed by atoms with Crippen molar-refractivity contribution in [3.05, 3.63) is 41.8 Å². The number of nitrogens with one attached hydrogen (secondary N) is 2. The molecule has 0 saturated heterocycles. The molecule has 6 heteroatoms. The van der Waals surface area contributed by atoms with Gasteiger partial charge in [-0.25, -0.2) is 4.39 Å². The number of H-pyrrole nitrogens is 1. The van der Waals surface area contributed by atoms with Gasteiger partial charge in [0.25, 0.3) is 5.91 Å². The van der Waals surface area contributed by atoms with Crippen LogP contribution in [-0.4, -0.2) is 33.9 Å². The highest BCUT2D eigenvalue weighted by Crippen LogP contribution is 2.21. The van der Waals surface area contributed by atoms with Crippen molar-refractivity contribution in [3.63, 3.8) is 0 Å². The summed E-state index contributed by atoms with van der Waals surface area (Å²) < 4.78 is 12.9. The van der Waals surface area contributed by atoms with Crippen LogP contribution >= 0.6 is 0 Å². The number of aliphatic hydroxyl groups excluding tert-OH is 1. The first kappa shape index (κ1) is 14.2. The number of hydrogen-bond acceptors (Lipinski definition) is 3. The molecular formula is C14H16FN3O2. The van der Waals surface area contributed by atoms with Gasteiger partial charge >= 0.3 is 0 Å². The molecule has 0 aliphatic heterocycles. The standard InChI is InChI=1S/C14H16FN3O2/c1-9(6-7-19)17-14(20)12-8-16-18-13(12)10-2-4-11(15)5-3-10/h2-5,8-9,19H,6-7H2,1H3,(H,16,18)(H,17,20). The minimum Gasteiger partial charge on any atom is -0.396 e. The second kappa shape index (κ2) is 6.29. The van der Waals surface area contributed by atoms with E-state index < -0.39 is 0 Å². The Kier molecular flexibility index (Phi) is 4.47. The molecule has 2 rings (SSSR count). The summed E-state index contributed by atoms with van der Waals surface area (Å²) in [6, 6.07) is 5.68. The van der Waals surface area contributed by atoms with Crippen LogP contribution in [0.15, 0.2) is 30.5 Å². The summed E-state index contributed by atoms with van der Waals surface area (Å²) in [7, 11) is 0. The van der Waals surface area contributed by atoms with E-state index in [0.717, 1.165) is 0 Å². The average Bonchev–Trinajstić information content (AvgIpc) is 2.89. The van der Waals surface area contributed by atoms with E-state index in [1.54, 1.807) is 12.1 Å². The molecule has 1 aromatic heterocycles. The maximum Gasteiger partial charge on any atom is 0.255 e. The third-order valence-electron chi connectivity index (χ3n) is 2.96. The monoisotopic (exact) mass is 277 g/mol. The summed E-state index contributed by atoms with van der Waals surface area (Å²) in [6.07, 6.45) is 1.91. The largest absolute Gasteiger partial charge is 0.396 e. The van der Waals surface area contributed by atoms with Gasteiger partial charge < -0.3 is 10.4 Å². The second-order valence-electron chi connectivity index (χ2n) is 4.55. The molecule has 1 heterocycles. The molecule has 1 aromatic carbocycles. The van der Waals surface area contributed by atoms with Gasteiger partial charge in [-0.1, -0.05) is 0 Å². The van der Waals surface area contributed by atoms with Crippen LogP contribution in [-0.2, 0) is 0 Å². The summed E-state index contributed by atoms with van der Waals surface area (Å²) >= 11 is 0. The lowest BCUT2D eigenvalue weighted by Crippen LogP contribution is -2.33. The van der Waals surface area contributed by atoms with Crippen molar-refractivity contribution in [1.29, 1.82) is 0 Å². The molecule has 0 fully saturated rings. The highest BCUT2D eigenvalue weighted by molar-refractivity contribution is 5.99. The summed E-state index contributed by atoms with van der Waals surface area (Å²) in [5.74, 6) is -0.616. The summed E-state index contributed by atoms with van der Waals surface area (Å²) in [5, 5.41) is 18.2. The van der Waals surface area contributed by atoms with Crippen LogP contribution in [0, 0.1) is 5.82 Å². The molecule has 1 amide bonds. The number of aromatic amines is 1. The van der Waals surface area contributed by atoms with Gasteiger partial charge in [0, 0.05) is 18.2 Å². The molecular weight excluding hydrogens is 261 g/mol. The third kappa shape index (κ3) is 3.21. The Morgan fingerprint density at radius 3 is 2.80 bits per heavy atom. The number of halogens is 1. The predicted molar refractivity (Wildman–Crippen MR) is 72.6 cm³/mol. The number of hydrogen-bond donors (Lipinski definition) is 3. The van der Waals surface area contributed by atoms with Gasteiger partial charge in [0.05, 0.1) is 17.5 Å². The first-order chi connectivity index (χ1) is 9.61. The van der Waals surface area contributed by atoms with Crippen LogP contribution in [0.2, 0.25) is 0 Å². The Balaban J connectivity index is 2.20. The molecule has 2 aromatic rings. The van der Waals surface area contributed by atoms with Gasteiger partial charge in [-0.15, -0.1) is 0 Å². The maximum absolute atomic E-state index is 12.9. The summed E-state index contributed by atoms with van der Waals surface area (Å²) in [5.41, 5.74) is 1.61. The van der Waals surface area contributed by atoms with Crippen molar-refractivity contribution >= 4 is 5.91 Å². The minimum absolute atomic E-state index is 0.0116. The number of carbonyl (C=O) groups is 1. The number of benzene rings is 1. The summed E-state index contributed by atoms with van der Waals surface area (Å²) in [6.45, 7) is 1.82. The van der Waals surface area contributed by atoms with E-state index >= 15 is 0 Å². The van der Waals surface area contributed by atoms with Gasteiger partial charge in [-0.2, -0.15) is 5.10 Å². The highest BCUT2D eigenvalue weighted by Gasteiger charge is 2.16. The van der Waals surface area contributed by atoms with Gasteiger partial charge in [0.1, 0.15) is 5.82 Å². The van der Waals surface area contributed by atoms with E-state index in [-0.39, 0.29) is 24.4 Å². The Bertz CT molecular complexity index is 580. The fourth-order valence-electron chi connectivity index (χ4n) is 1.86. The molecule has 0 aliphatic carbocycles. The SMILES string of the molecule is CC(CCO)NC(=O)c1cn[nH]c1-c1ccc(F)cc1. The Hall–Kier alpha value is -2.21. The van der Waals surface area contributed by atoms with Gasteiger partial charge in [0.15, 0.2) is 0 Å². The molecule has 0 radical (unpaired) electrons. The Morgan fingerprint density at radius 1 is 1.45 bits per heavy atom. The van der Waals surface area contributed by atoms with E-state index in [2.05, 4.69) is 15.5 Å². The molecule has 0 spiro atoms. The van der Waals surface area contributed by atoms with Crippen molar-refractivity contribution < 1.29 is 14.3 Å². The van der Waals surface area contributed by atoms with E-state index in [1.807, 2.05) is 6.92 Å². The van der Waals surface area contributed by atoms with E-state index in [0.29, 0.717) is 23.2 Å². The average molecular weight is 277 g/mol. The van der Waals surface area contributed by atoms with Crippen LogP contribution in [0.1, 0.15) is 23.7 Å². The molecule has 5 nitrogen and oxygen atoms in total. The number of carbonyl (C=O) groups excluding carboxylic acids is 1. The first-order valence-electron chi connectivity index (χ1n) is 6.33. The smallest absolute Gasteiger partial charge is 0.255 e. The van der Waals surface area contributed by atoms with E-state index in [1.165, 1.54) is 18.3 Å². The Morgan fingerprint density at radius 2 is 2.15 bits per heavy atom. The number of amides is 1. The summed E-state index contributed by atoms with van der Waals surface area (Å²) in [4.78, 5) is 12.1. The zero-order chi connectivity index (χ0) is 14.5. The zero-order valence-electron chi connectivity index (χ0n) is 11.1. The van der Waals surface area contributed by atoms with Crippen molar-refractivity contribution in [2.75, 3.05) is 6.61 Å². The fourth-order valence-corrected chi connectivity index (χ4v) is 1.86. The third-order valence-corrected chi connectivity index (χ3v) is 2.96. The van der Waals surface area contributed by atoms with Crippen molar-refractivity contribution in [2.45, 2.75) is 19.4 Å². The number of rotatable bonds is 5. The van der Waals surface area contributed by atoms with Gasteiger partial charge in [-0.05, 0) is 37.6 Å². The topological polar surface area (TPSA) is 78.0 Å². The fraction of sp³-hybridized carbons (Fsp3) is 0.286. The first-order valence-corrected chi connectivity index (χ1v) is 6.33. The number of nitrogens with zero attached hydrogens (tertiary/aromatic N) is 1. The lowest BCUT2D eigenvalue weighted by molar-refractivity contribution is 0.0935. The van der Waals surface area contributed by atoms with Crippen LogP contribution in [0.25, 0.3) is 11.3 Å². The normalized spacial score (nSPS) is 12.2. The quantitative estimate of drug-likeness (QED) is 0.778. The van der Waals surface area contributed by atoms with Crippen LogP contribution in [0.3, 0.4) is 0 Å². The number of aromatic nitrogens is 2. The molecule has 0 aliphatic rings.